The molecule has 1 heterocycles. The molecule has 1 aromatic heterocycles. The molecule has 0 radical (unpaired) electrons. The van der Waals surface area contributed by atoms with E-state index in [2.05, 4.69) is 39.9 Å². The molecular weight excluding hydrogens is 306 g/mol. The third-order valence-corrected chi connectivity index (χ3v) is 5.40. The predicted octanol–water partition coefficient (Wildman–Crippen LogP) is 4.06. The van der Waals surface area contributed by atoms with Crippen LogP contribution >= 0.6 is 11.3 Å². The van der Waals surface area contributed by atoms with Crippen molar-refractivity contribution in [2.75, 3.05) is 7.11 Å². The van der Waals surface area contributed by atoms with Crippen LogP contribution in [0.3, 0.4) is 0 Å². The van der Waals surface area contributed by atoms with Gasteiger partial charge in [-0.25, -0.2) is 0 Å². The second-order valence-corrected chi connectivity index (χ2v) is 7.13. The Balaban J connectivity index is 1.73. The first kappa shape index (κ1) is 16.5. The van der Waals surface area contributed by atoms with E-state index in [9.17, 15) is 5.11 Å². The van der Waals surface area contributed by atoms with Gasteiger partial charge in [0.25, 0.3) is 0 Å². The fourth-order valence-electron chi connectivity index (χ4n) is 3.36. The summed E-state index contributed by atoms with van der Waals surface area (Å²) in [6, 6.07) is 11.1. The van der Waals surface area contributed by atoms with Gasteiger partial charge < -0.3 is 9.84 Å². The average Bonchev–Trinajstić information content (AvgIpc) is 3.08. The Morgan fingerprint density at radius 3 is 2.61 bits per heavy atom. The molecule has 1 saturated carbocycles. The van der Waals surface area contributed by atoms with E-state index < -0.39 is 0 Å². The maximum Gasteiger partial charge on any atom is 0.119 e. The van der Waals surface area contributed by atoms with E-state index in [1.54, 1.807) is 18.4 Å². The molecule has 1 aliphatic carbocycles. The lowest BCUT2D eigenvalue weighted by molar-refractivity contribution is 0.0666. The Labute approximate surface area is 142 Å². The first-order valence-electron chi connectivity index (χ1n) is 8.30. The number of thiophene rings is 1. The maximum atomic E-state index is 9.79. The van der Waals surface area contributed by atoms with Crippen molar-refractivity contribution in [3.63, 3.8) is 0 Å². The van der Waals surface area contributed by atoms with E-state index in [4.69, 9.17) is 4.74 Å². The standard InChI is InChI=1S/C19H25NO2S/c1-22-19-4-2-3-15(11-19)12-20(13-16-9-10-23-14-16)17-5-7-18(21)8-6-17/h2-4,9-11,14,17-18,21H,5-8,12-13H2,1H3. The number of rotatable bonds is 6. The highest BCUT2D eigenvalue weighted by Gasteiger charge is 2.25. The second-order valence-electron chi connectivity index (χ2n) is 6.35. The van der Waals surface area contributed by atoms with Crippen molar-refractivity contribution < 1.29 is 9.84 Å². The van der Waals surface area contributed by atoms with Crippen LogP contribution in [0.5, 0.6) is 5.75 Å². The van der Waals surface area contributed by atoms with Crippen LogP contribution in [0, 0.1) is 0 Å². The van der Waals surface area contributed by atoms with Crippen molar-refractivity contribution in [3.05, 3.63) is 52.2 Å². The van der Waals surface area contributed by atoms with Crippen molar-refractivity contribution in [1.29, 1.82) is 0 Å². The van der Waals surface area contributed by atoms with Crippen molar-refractivity contribution in [1.82, 2.24) is 4.90 Å². The highest BCUT2D eigenvalue weighted by molar-refractivity contribution is 7.07. The third kappa shape index (κ3) is 4.56. The van der Waals surface area contributed by atoms with Gasteiger partial charge in [0.2, 0.25) is 0 Å². The smallest absolute Gasteiger partial charge is 0.119 e. The van der Waals surface area contributed by atoms with Crippen molar-refractivity contribution >= 4 is 11.3 Å². The average molecular weight is 331 g/mol. The van der Waals surface area contributed by atoms with Gasteiger partial charge in [-0.3, -0.25) is 4.90 Å². The van der Waals surface area contributed by atoms with Crippen molar-refractivity contribution in [2.45, 2.75) is 50.9 Å². The molecule has 0 aliphatic heterocycles. The largest absolute Gasteiger partial charge is 0.497 e. The Morgan fingerprint density at radius 1 is 1.13 bits per heavy atom. The lowest BCUT2D eigenvalue weighted by Gasteiger charge is -2.35. The van der Waals surface area contributed by atoms with E-state index >= 15 is 0 Å². The van der Waals surface area contributed by atoms with Gasteiger partial charge in [0.1, 0.15) is 5.75 Å². The zero-order valence-corrected chi connectivity index (χ0v) is 14.5. The summed E-state index contributed by atoms with van der Waals surface area (Å²) < 4.78 is 5.35. The predicted molar refractivity (Wildman–Crippen MR) is 94.8 cm³/mol. The summed E-state index contributed by atoms with van der Waals surface area (Å²) in [4.78, 5) is 2.56. The Kier molecular flexibility index (Phi) is 5.70. The maximum absolute atomic E-state index is 9.79. The number of ether oxygens (including phenoxy) is 1. The molecule has 23 heavy (non-hydrogen) atoms. The van der Waals surface area contributed by atoms with Crippen LogP contribution in [-0.4, -0.2) is 29.3 Å². The first-order chi connectivity index (χ1) is 11.2. The molecule has 0 unspecified atom stereocenters. The van der Waals surface area contributed by atoms with Crippen molar-refractivity contribution in [2.24, 2.45) is 0 Å². The highest BCUT2D eigenvalue weighted by atomic mass is 32.1. The molecule has 0 amide bonds. The van der Waals surface area contributed by atoms with Gasteiger partial charge >= 0.3 is 0 Å². The Morgan fingerprint density at radius 2 is 1.91 bits per heavy atom. The molecule has 2 aromatic rings. The minimum atomic E-state index is -0.105. The molecule has 0 bridgehead atoms. The van der Waals surface area contributed by atoms with Gasteiger partial charge in [-0.05, 0) is 65.8 Å². The monoisotopic (exact) mass is 331 g/mol. The Bertz CT molecular complexity index is 591. The van der Waals surface area contributed by atoms with Gasteiger partial charge in [-0.2, -0.15) is 11.3 Å². The number of hydrogen-bond donors (Lipinski definition) is 1. The molecule has 3 nitrogen and oxygen atoms in total. The lowest BCUT2D eigenvalue weighted by Crippen LogP contribution is -2.38. The quantitative estimate of drug-likeness (QED) is 0.866. The molecule has 4 heteroatoms. The van der Waals surface area contributed by atoms with Crippen LogP contribution in [0.15, 0.2) is 41.1 Å². The van der Waals surface area contributed by atoms with Crippen LogP contribution in [0.1, 0.15) is 36.8 Å². The van der Waals surface area contributed by atoms with Gasteiger partial charge in [0.15, 0.2) is 0 Å². The normalized spacial score (nSPS) is 21.5. The van der Waals surface area contributed by atoms with Gasteiger partial charge in [0, 0.05) is 19.1 Å². The van der Waals surface area contributed by atoms with Crippen LogP contribution < -0.4 is 4.74 Å². The van der Waals surface area contributed by atoms with E-state index in [0.717, 1.165) is 44.5 Å². The molecule has 0 spiro atoms. The summed E-state index contributed by atoms with van der Waals surface area (Å²) in [5, 5.41) is 14.2. The number of aliphatic hydroxyl groups is 1. The number of aliphatic hydroxyl groups excluding tert-OH is 1. The van der Waals surface area contributed by atoms with E-state index in [1.807, 2.05) is 6.07 Å². The van der Waals surface area contributed by atoms with Gasteiger partial charge in [0.05, 0.1) is 13.2 Å². The fourth-order valence-corrected chi connectivity index (χ4v) is 4.02. The van der Waals surface area contributed by atoms with E-state index in [0.29, 0.717) is 6.04 Å². The molecule has 1 N–H and O–H groups in total. The molecule has 0 atom stereocenters. The van der Waals surface area contributed by atoms with E-state index in [1.165, 1.54) is 11.1 Å². The summed E-state index contributed by atoms with van der Waals surface area (Å²) in [6.45, 7) is 1.90. The summed E-state index contributed by atoms with van der Waals surface area (Å²) in [5.74, 6) is 0.914. The molecule has 0 saturated heterocycles. The number of benzene rings is 1. The summed E-state index contributed by atoms with van der Waals surface area (Å²) >= 11 is 1.75. The van der Waals surface area contributed by atoms with Gasteiger partial charge in [-0.1, -0.05) is 12.1 Å². The summed E-state index contributed by atoms with van der Waals surface area (Å²) in [5.41, 5.74) is 2.66. The topological polar surface area (TPSA) is 32.7 Å². The molecule has 1 fully saturated rings. The molecule has 1 aromatic carbocycles. The molecule has 1 aliphatic rings. The number of nitrogens with zero attached hydrogens (tertiary/aromatic N) is 1. The molecule has 124 valence electrons. The summed E-state index contributed by atoms with van der Waals surface area (Å²) in [6.07, 6.45) is 3.89. The van der Waals surface area contributed by atoms with Crippen LogP contribution in [0.2, 0.25) is 0 Å². The lowest BCUT2D eigenvalue weighted by atomic mass is 9.91. The Hall–Kier alpha value is -1.36. The van der Waals surface area contributed by atoms with Crippen LogP contribution in [0.25, 0.3) is 0 Å². The molecule has 3 rings (SSSR count). The van der Waals surface area contributed by atoms with Crippen LogP contribution in [0.4, 0.5) is 0 Å². The van der Waals surface area contributed by atoms with Gasteiger partial charge in [-0.15, -0.1) is 0 Å². The van der Waals surface area contributed by atoms with E-state index in [-0.39, 0.29) is 6.10 Å². The minimum absolute atomic E-state index is 0.105. The highest BCUT2D eigenvalue weighted by Crippen LogP contribution is 2.27. The third-order valence-electron chi connectivity index (χ3n) is 4.67. The zero-order valence-electron chi connectivity index (χ0n) is 13.6. The van der Waals surface area contributed by atoms with Crippen LogP contribution in [-0.2, 0) is 13.1 Å². The van der Waals surface area contributed by atoms with Crippen molar-refractivity contribution in [3.8, 4) is 5.75 Å². The number of methoxy groups -OCH3 is 1. The second kappa shape index (κ2) is 7.95. The first-order valence-corrected chi connectivity index (χ1v) is 9.25. The SMILES string of the molecule is COc1cccc(CN(Cc2ccsc2)C2CCC(O)CC2)c1. The minimum Gasteiger partial charge on any atom is -0.497 e. The zero-order chi connectivity index (χ0) is 16.1. The fraction of sp³-hybridized carbons (Fsp3) is 0.474. The number of hydrogen-bond acceptors (Lipinski definition) is 4. The molecular formula is C19H25NO2S. The summed E-state index contributed by atoms with van der Waals surface area (Å²) in [7, 11) is 1.71.